The van der Waals surface area contributed by atoms with E-state index in [9.17, 15) is 9.59 Å². The van der Waals surface area contributed by atoms with E-state index >= 15 is 0 Å². The van der Waals surface area contributed by atoms with Crippen LogP contribution >= 0.6 is 0 Å². The first-order valence-corrected chi connectivity index (χ1v) is 4.28. The summed E-state index contributed by atoms with van der Waals surface area (Å²) in [6, 6.07) is 0. The number of hydrogen-bond acceptors (Lipinski definition) is 7. The molecule has 0 rings (SSSR count). The van der Waals surface area contributed by atoms with Gasteiger partial charge in [0.05, 0.1) is 0 Å². The predicted octanol–water partition coefficient (Wildman–Crippen LogP) is -2.46. The standard InChI is InChI=1S/C8H14O7/c9-3-1-5(11)7(13)15-8(14)6(12)2-4-10/h3-8,11-14H,1-2H2. The third-order valence-corrected chi connectivity index (χ3v) is 1.61. The summed E-state index contributed by atoms with van der Waals surface area (Å²) in [5.41, 5.74) is 0. The number of carbonyl (C=O) groups is 2. The van der Waals surface area contributed by atoms with Gasteiger partial charge in [0, 0.05) is 12.8 Å². The summed E-state index contributed by atoms with van der Waals surface area (Å²) >= 11 is 0. The Hall–Kier alpha value is -0.860. The van der Waals surface area contributed by atoms with E-state index in [1.165, 1.54) is 0 Å². The van der Waals surface area contributed by atoms with Crippen molar-refractivity contribution >= 4 is 12.6 Å². The van der Waals surface area contributed by atoms with Crippen LogP contribution in [0.3, 0.4) is 0 Å². The minimum absolute atomic E-state index is 0.363. The van der Waals surface area contributed by atoms with E-state index in [2.05, 4.69) is 4.74 Å². The van der Waals surface area contributed by atoms with Crippen LogP contribution < -0.4 is 0 Å². The average molecular weight is 222 g/mol. The van der Waals surface area contributed by atoms with Gasteiger partial charge in [-0.25, -0.2) is 0 Å². The maximum absolute atomic E-state index is 9.96. The highest BCUT2D eigenvalue weighted by Crippen LogP contribution is 2.06. The highest BCUT2D eigenvalue weighted by atomic mass is 16.7. The average Bonchev–Trinajstić information content (AvgIpc) is 2.18. The quantitative estimate of drug-likeness (QED) is 0.265. The molecule has 0 saturated carbocycles. The molecule has 0 aliphatic carbocycles. The number of hydrogen-bond donors (Lipinski definition) is 4. The maximum atomic E-state index is 9.96. The first kappa shape index (κ1) is 14.1. The molecule has 0 amide bonds. The molecule has 4 atom stereocenters. The number of aliphatic hydroxyl groups excluding tert-OH is 4. The minimum Gasteiger partial charge on any atom is -0.387 e. The Bertz CT molecular complexity index is 175. The number of carbonyl (C=O) groups excluding carboxylic acids is 2. The molecule has 0 aromatic carbocycles. The summed E-state index contributed by atoms with van der Waals surface area (Å²) in [4.78, 5) is 19.9. The summed E-state index contributed by atoms with van der Waals surface area (Å²) in [7, 11) is 0. The zero-order valence-corrected chi connectivity index (χ0v) is 7.89. The molecule has 0 aromatic heterocycles. The van der Waals surface area contributed by atoms with E-state index in [0.29, 0.717) is 12.6 Å². The molecule has 0 aliphatic rings. The Labute approximate surface area is 85.9 Å². The lowest BCUT2D eigenvalue weighted by molar-refractivity contribution is -0.264. The summed E-state index contributed by atoms with van der Waals surface area (Å²) in [5, 5.41) is 36.1. The molecule has 88 valence electrons. The van der Waals surface area contributed by atoms with Crippen LogP contribution in [0.4, 0.5) is 0 Å². The van der Waals surface area contributed by atoms with Gasteiger partial charge in [-0.2, -0.15) is 0 Å². The molecule has 0 fully saturated rings. The Morgan fingerprint density at radius 2 is 1.20 bits per heavy atom. The van der Waals surface area contributed by atoms with Gasteiger partial charge < -0.3 is 34.8 Å². The number of aldehydes is 2. The number of ether oxygens (including phenoxy) is 1. The molecule has 0 spiro atoms. The largest absolute Gasteiger partial charge is 0.387 e. The molecule has 0 aliphatic heterocycles. The van der Waals surface area contributed by atoms with E-state index < -0.39 is 24.8 Å². The monoisotopic (exact) mass is 222 g/mol. The molecule has 0 heterocycles. The van der Waals surface area contributed by atoms with Crippen LogP contribution in [0.2, 0.25) is 0 Å². The van der Waals surface area contributed by atoms with Crippen molar-refractivity contribution in [1.29, 1.82) is 0 Å². The highest BCUT2D eigenvalue weighted by molar-refractivity contribution is 5.50. The zero-order chi connectivity index (χ0) is 11.8. The van der Waals surface area contributed by atoms with Gasteiger partial charge in [0.2, 0.25) is 0 Å². The smallest absolute Gasteiger partial charge is 0.184 e. The third kappa shape index (κ3) is 5.55. The van der Waals surface area contributed by atoms with Crippen molar-refractivity contribution in [3.05, 3.63) is 0 Å². The number of aliphatic hydroxyl groups is 4. The number of rotatable bonds is 8. The van der Waals surface area contributed by atoms with Crippen molar-refractivity contribution in [1.82, 2.24) is 0 Å². The lowest BCUT2D eigenvalue weighted by atomic mass is 10.2. The second-order valence-corrected chi connectivity index (χ2v) is 2.86. The van der Waals surface area contributed by atoms with Crippen molar-refractivity contribution in [2.75, 3.05) is 0 Å². The van der Waals surface area contributed by atoms with Gasteiger partial charge >= 0.3 is 0 Å². The summed E-state index contributed by atoms with van der Waals surface area (Å²) in [6.07, 6.45) is -6.56. The Kier molecular flexibility index (Phi) is 7.01. The summed E-state index contributed by atoms with van der Waals surface area (Å²) in [5.74, 6) is 0. The summed E-state index contributed by atoms with van der Waals surface area (Å²) in [6.45, 7) is 0. The van der Waals surface area contributed by atoms with E-state index in [-0.39, 0.29) is 12.8 Å². The minimum atomic E-state index is -1.80. The van der Waals surface area contributed by atoms with Gasteiger partial charge in [0.1, 0.15) is 24.8 Å². The second-order valence-electron chi connectivity index (χ2n) is 2.86. The van der Waals surface area contributed by atoms with Crippen molar-refractivity contribution in [2.45, 2.75) is 37.6 Å². The van der Waals surface area contributed by atoms with Gasteiger partial charge in [-0.05, 0) is 0 Å². The molecule has 7 heteroatoms. The fourth-order valence-electron chi connectivity index (χ4n) is 0.754. The van der Waals surface area contributed by atoms with Crippen molar-refractivity contribution in [3.63, 3.8) is 0 Å². The van der Waals surface area contributed by atoms with Crippen LogP contribution in [0, 0.1) is 0 Å². The van der Waals surface area contributed by atoms with Gasteiger partial charge in [0.15, 0.2) is 12.6 Å². The summed E-state index contributed by atoms with van der Waals surface area (Å²) < 4.78 is 4.37. The molecule has 0 aromatic rings. The molecule has 0 bridgehead atoms. The molecule has 4 N–H and O–H groups in total. The fraction of sp³-hybridized carbons (Fsp3) is 0.750. The van der Waals surface area contributed by atoms with Crippen molar-refractivity contribution in [2.24, 2.45) is 0 Å². The molecular formula is C8H14O7. The maximum Gasteiger partial charge on any atom is 0.184 e. The van der Waals surface area contributed by atoms with E-state index in [1.807, 2.05) is 0 Å². The first-order chi connectivity index (χ1) is 7.02. The molecule has 15 heavy (non-hydrogen) atoms. The van der Waals surface area contributed by atoms with E-state index in [4.69, 9.17) is 20.4 Å². The van der Waals surface area contributed by atoms with Crippen LogP contribution in [-0.2, 0) is 14.3 Å². The first-order valence-electron chi connectivity index (χ1n) is 4.28. The third-order valence-electron chi connectivity index (χ3n) is 1.61. The normalized spacial score (nSPS) is 18.9. The predicted molar refractivity (Wildman–Crippen MR) is 46.5 cm³/mol. The van der Waals surface area contributed by atoms with Gasteiger partial charge in [-0.1, -0.05) is 0 Å². The molecule has 7 nitrogen and oxygen atoms in total. The van der Waals surface area contributed by atoms with E-state index in [0.717, 1.165) is 0 Å². The van der Waals surface area contributed by atoms with Crippen LogP contribution in [0.1, 0.15) is 12.8 Å². The van der Waals surface area contributed by atoms with Gasteiger partial charge in [-0.15, -0.1) is 0 Å². The Balaban J connectivity index is 3.98. The Morgan fingerprint density at radius 1 is 0.867 bits per heavy atom. The van der Waals surface area contributed by atoms with E-state index in [1.54, 1.807) is 0 Å². The van der Waals surface area contributed by atoms with Crippen LogP contribution in [0.25, 0.3) is 0 Å². The zero-order valence-electron chi connectivity index (χ0n) is 7.89. The Morgan fingerprint density at radius 3 is 1.47 bits per heavy atom. The molecule has 4 unspecified atom stereocenters. The van der Waals surface area contributed by atoms with Gasteiger partial charge in [0.25, 0.3) is 0 Å². The van der Waals surface area contributed by atoms with Crippen LogP contribution in [0.5, 0.6) is 0 Å². The highest BCUT2D eigenvalue weighted by Gasteiger charge is 2.24. The topological polar surface area (TPSA) is 124 Å². The molecule has 0 radical (unpaired) electrons. The van der Waals surface area contributed by atoms with Crippen LogP contribution in [0.15, 0.2) is 0 Å². The fourth-order valence-corrected chi connectivity index (χ4v) is 0.754. The molecular weight excluding hydrogens is 208 g/mol. The van der Waals surface area contributed by atoms with Crippen LogP contribution in [-0.4, -0.2) is 57.8 Å². The van der Waals surface area contributed by atoms with Crippen molar-refractivity contribution < 1.29 is 34.8 Å². The second kappa shape index (κ2) is 7.43. The molecule has 0 saturated heterocycles. The lowest BCUT2D eigenvalue weighted by Gasteiger charge is -2.22. The SMILES string of the molecule is O=CCC(O)C(O)OC(O)C(O)CC=O. The lowest BCUT2D eigenvalue weighted by Crippen LogP contribution is -2.38. The van der Waals surface area contributed by atoms with Gasteiger partial charge in [-0.3, -0.25) is 0 Å². The van der Waals surface area contributed by atoms with Crippen molar-refractivity contribution in [3.8, 4) is 0 Å².